The number of para-hydroxylation sites is 1. The fourth-order valence-corrected chi connectivity index (χ4v) is 2.99. The average Bonchev–Trinajstić information content (AvgIpc) is 2.71. The van der Waals surface area contributed by atoms with Crippen LogP contribution in [0.2, 0.25) is 0 Å². The predicted molar refractivity (Wildman–Crippen MR) is 113 cm³/mol. The normalized spacial score (nSPS) is 11.2. The highest BCUT2D eigenvalue weighted by molar-refractivity contribution is 5.81. The minimum atomic E-state index is -0.288. The van der Waals surface area contributed by atoms with E-state index in [0.29, 0.717) is 12.1 Å². The van der Waals surface area contributed by atoms with Crippen molar-refractivity contribution in [2.75, 3.05) is 5.32 Å². The summed E-state index contributed by atoms with van der Waals surface area (Å²) in [6.07, 6.45) is 3.88. The first-order valence-corrected chi connectivity index (χ1v) is 9.03. The van der Waals surface area contributed by atoms with E-state index < -0.39 is 0 Å². The molecule has 4 heteroatoms. The van der Waals surface area contributed by atoms with E-state index in [1.54, 1.807) is 18.2 Å². The second-order valence-electron chi connectivity index (χ2n) is 6.51. The van der Waals surface area contributed by atoms with Gasteiger partial charge in [0.15, 0.2) is 0 Å². The lowest BCUT2D eigenvalue weighted by Gasteiger charge is -2.08. The van der Waals surface area contributed by atoms with Crippen LogP contribution in [0, 0.1) is 5.82 Å². The molecule has 1 aromatic heterocycles. The van der Waals surface area contributed by atoms with Crippen molar-refractivity contribution in [1.29, 1.82) is 0 Å². The molecule has 0 saturated heterocycles. The summed E-state index contributed by atoms with van der Waals surface area (Å²) >= 11 is 0. The van der Waals surface area contributed by atoms with Crippen molar-refractivity contribution in [1.82, 2.24) is 4.98 Å². The zero-order chi connectivity index (χ0) is 19.3. The number of aromatic nitrogens is 1. The SMILES string of the molecule is Oc1ccccc1CNc1cccc(/C=C/c2ccc3ccc(F)cc3n2)c1. The van der Waals surface area contributed by atoms with Crippen LogP contribution in [0.5, 0.6) is 5.75 Å². The molecule has 0 aliphatic rings. The number of nitrogens with one attached hydrogen (secondary N) is 1. The summed E-state index contributed by atoms with van der Waals surface area (Å²) in [5.41, 5.74) is 4.23. The first-order chi connectivity index (χ1) is 13.7. The van der Waals surface area contributed by atoms with Gasteiger partial charge in [0, 0.05) is 29.2 Å². The molecular formula is C24H19FN2O. The third-order valence-electron chi connectivity index (χ3n) is 4.48. The molecule has 3 aromatic carbocycles. The maximum Gasteiger partial charge on any atom is 0.125 e. The molecule has 138 valence electrons. The maximum absolute atomic E-state index is 13.4. The Labute approximate surface area is 162 Å². The Balaban J connectivity index is 1.49. The molecule has 4 rings (SSSR count). The van der Waals surface area contributed by atoms with Crippen molar-refractivity contribution in [3.8, 4) is 5.75 Å². The van der Waals surface area contributed by atoms with Crippen LogP contribution in [-0.2, 0) is 6.54 Å². The Morgan fingerprint density at radius 2 is 1.75 bits per heavy atom. The van der Waals surface area contributed by atoms with Crippen LogP contribution in [0.15, 0.2) is 78.9 Å². The number of fused-ring (bicyclic) bond motifs is 1. The molecule has 0 radical (unpaired) electrons. The molecule has 3 nitrogen and oxygen atoms in total. The molecule has 0 spiro atoms. The summed E-state index contributed by atoms with van der Waals surface area (Å²) in [6, 6.07) is 23.7. The predicted octanol–water partition coefficient (Wildman–Crippen LogP) is 5.86. The van der Waals surface area contributed by atoms with E-state index >= 15 is 0 Å². The van der Waals surface area contributed by atoms with Crippen molar-refractivity contribution >= 4 is 28.7 Å². The Morgan fingerprint density at radius 1 is 0.893 bits per heavy atom. The van der Waals surface area contributed by atoms with Gasteiger partial charge in [-0.05, 0) is 48.0 Å². The third-order valence-corrected chi connectivity index (χ3v) is 4.48. The van der Waals surface area contributed by atoms with Gasteiger partial charge >= 0.3 is 0 Å². The summed E-state index contributed by atoms with van der Waals surface area (Å²) in [5.74, 6) is -0.00535. The summed E-state index contributed by atoms with van der Waals surface area (Å²) in [4.78, 5) is 4.49. The number of phenolic OH excluding ortho intramolecular Hbond substituents is 1. The minimum Gasteiger partial charge on any atom is -0.508 e. The molecule has 0 unspecified atom stereocenters. The summed E-state index contributed by atoms with van der Waals surface area (Å²) in [6.45, 7) is 0.539. The van der Waals surface area contributed by atoms with Crippen LogP contribution < -0.4 is 5.32 Å². The Hall–Kier alpha value is -3.66. The highest BCUT2D eigenvalue weighted by atomic mass is 19.1. The van der Waals surface area contributed by atoms with E-state index in [-0.39, 0.29) is 11.6 Å². The molecule has 0 amide bonds. The Morgan fingerprint density at radius 3 is 2.64 bits per heavy atom. The molecule has 0 aliphatic carbocycles. The van der Waals surface area contributed by atoms with Crippen LogP contribution in [0.3, 0.4) is 0 Å². The van der Waals surface area contributed by atoms with E-state index in [4.69, 9.17) is 0 Å². The number of aromatic hydroxyl groups is 1. The van der Waals surface area contributed by atoms with Gasteiger partial charge in [0.2, 0.25) is 0 Å². The van der Waals surface area contributed by atoms with Gasteiger partial charge in [-0.2, -0.15) is 0 Å². The lowest BCUT2D eigenvalue weighted by atomic mass is 10.1. The van der Waals surface area contributed by atoms with Gasteiger partial charge in [-0.15, -0.1) is 0 Å². The van der Waals surface area contributed by atoms with Crippen LogP contribution >= 0.6 is 0 Å². The smallest absolute Gasteiger partial charge is 0.125 e. The van der Waals surface area contributed by atoms with E-state index in [2.05, 4.69) is 10.3 Å². The first-order valence-electron chi connectivity index (χ1n) is 9.03. The Kier molecular flexibility index (Phi) is 5.02. The molecule has 0 atom stereocenters. The molecule has 0 bridgehead atoms. The molecule has 2 N–H and O–H groups in total. The van der Waals surface area contributed by atoms with E-state index in [1.807, 2.05) is 60.7 Å². The molecule has 28 heavy (non-hydrogen) atoms. The van der Waals surface area contributed by atoms with E-state index in [0.717, 1.165) is 27.9 Å². The van der Waals surface area contributed by atoms with Gasteiger partial charge in [0.1, 0.15) is 11.6 Å². The number of halogens is 1. The number of anilines is 1. The second-order valence-corrected chi connectivity index (χ2v) is 6.51. The monoisotopic (exact) mass is 370 g/mol. The van der Waals surface area contributed by atoms with E-state index in [1.165, 1.54) is 12.1 Å². The molecule has 1 heterocycles. The van der Waals surface area contributed by atoms with Crippen LogP contribution in [0.4, 0.5) is 10.1 Å². The number of nitrogens with zero attached hydrogens (tertiary/aromatic N) is 1. The first kappa shape index (κ1) is 17.7. The number of pyridine rings is 1. The molecule has 0 saturated carbocycles. The molecule has 4 aromatic rings. The molecule has 0 aliphatic heterocycles. The van der Waals surface area contributed by atoms with Crippen LogP contribution in [0.1, 0.15) is 16.8 Å². The molecular weight excluding hydrogens is 351 g/mol. The number of rotatable bonds is 5. The van der Waals surface area contributed by atoms with Gasteiger partial charge in [-0.25, -0.2) is 9.37 Å². The van der Waals surface area contributed by atoms with Crippen LogP contribution in [0.25, 0.3) is 23.1 Å². The fraction of sp³-hybridized carbons (Fsp3) is 0.0417. The van der Waals surface area contributed by atoms with Crippen molar-refractivity contribution in [3.63, 3.8) is 0 Å². The largest absolute Gasteiger partial charge is 0.508 e. The quantitative estimate of drug-likeness (QED) is 0.462. The second kappa shape index (κ2) is 7.92. The molecule has 0 fully saturated rings. The lowest BCUT2D eigenvalue weighted by molar-refractivity contribution is 0.469. The van der Waals surface area contributed by atoms with Gasteiger partial charge in [0.25, 0.3) is 0 Å². The fourth-order valence-electron chi connectivity index (χ4n) is 2.99. The van der Waals surface area contributed by atoms with Crippen molar-refractivity contribution in [3.05, 3.63) is 102 Å². The zero-order valence-corrected chi connectivity index (χ0v) is 15.1. The summed E-state index contributed by atoms with van der Waals surface area (Å²) < 4.78 is 13.4. The maximum atomic E-state index is 13.4. The highest BCUT2D eigenvalue weighted by Gasteiger charge is 2.01. The highest BCUT2D eigenvalue weighted by Crippen LogP contribution is 2.20. The van der Waals surface area contributed by atoms with Crippen molar-refractivity contribution in [2.45, 2.75) is 6.54 Å². The number of phenols is 1. The third kappa shape index (κ3) is 4.18. The topological polar surface area (TPSA) is 45.1 Å². The lowest BCUT2D eigenvalue weighted by Crippen LogP contribution is -1.99. The number of hydrogen-bond acceptors (Lipinski definition) is 3. The van der Waals surface area contributed by atoms with E-state index in [9.17, 15) is 9.50 Å². The van der Waals surface area contributed by atoms with Gasteiger partial charge in [-0.1, -0.05) is 42.5 Å². The minimum absolute atomic E-state index is 0.282. The van der Waals surface area contributed by atoms with Crippen molar-refractivity contribution < 1.29 is 9.50 Å². The standard InChI is InChI=1S/C24H19FN2O/c25-20-11-9-18-10-13-21(27-23(18)15-20)12-8-17-4-3-6-22(14-17)26-16-19-5-1-2-7-24(19)28/h1-15,26,28H,16H2/b12-8+. The van der Waals surface area contributed by atoms with Crippen LogP contribution in [-0.4, -0.2) is 10.1 Å². The summed E-state index contributed by atoms with van der Waals surface area (Å²) in [5, 5.41) is 14.1. The van der Waals surface area contributed by atoms with Gasteiger partial charge < -0.3 is 10.4 Å². The van der Waals surface area contributed by atoms with Gasteiger partial charge in [0.05, 0.1) is 11.2 Å². The average molecular weight is 370 g/mol. The summed E-state index contributed by atoms with van der Waals surface area (Å²) in [7, 11) is 0. The Bertz CT molecular complexity index is 1150. The van der Waals surface area contributed by atoms with Gasteiger partial charge in [-0.3, -0.25) is 0 Å². The number of hydrogen-bond donors (Lipinski definition) is 2. The number of benzene rings is 3. The zero-order valence-electron chi connectivity index (χ0n) is 15.1. The van der Waals surface area contributed by atoms with Crippen molar-refractivity contribution in [2.24, 2.45) is 0 Å².